The van der Waals surface area contributed by atoms with Gasteiger partial charge in [-0.3, -0.25) is 5.32 Å². The molecule has 0 aliphatic carbocycles. The molecule has 1 aliphatic heterocycles. The fraction of sp³-hybridized carbons (Fsp3) is 0.357. The van der Waals surface area contributed by atoms with E-state index in [0.29, 0.717) is 24.2 Å². The Balaban J connectivity index is 1.99. The molecule has 2 heterocycles. The van der Waals surface area contributed by atoms with Gasteiger partial charge in [-0.25, -0.2) is 9.18 Å². The number of amides is 1. The standard InChI is InChI=1S/C14H15BFNO5/c1-14(2)6-20-15(21-7-14)12-8-5-11(17-13(18)19)22-10(8)4-3-9(12)16/h3-5,17H,6-7H2,1-2H3,(H,18,19). The van der Waals surface area contributed by atoms with Gasteiger partial charge in [0.1, 0.15) is 11.4 Å². The van der Waals surface area contributed by atoms with E-state index in [0.717, 1.165) is 0 Å². The van der Waals surface area contributed by atoms with E-state index in [1.54, 1.807) is 0 Å². The molecule has 2 aromatic rings. The molecule has 1 fully saturated rings. The number of hydrogen-bond donors (Lipinski definition) is 2. The second kappa shape index (κ2) is 5.29. The van der Waals surface area contributed by atoms with Crippen molar-refractivity contribution in [1.29, 1.82) is 0 Å². The average Bonchev–Trinajstić information content (AvgIpc) is 2.81. The Kier molecular flexibility index (Phi) is 3.58. The van der Waals surface area contributed by atoms with Crippen molar-refractivity contribution in [3.63, 3.8) is 0 Å². The fourth-order valence-electron chi connectivity index (χ4n) is 2.37. The molecule has 0 atom stereocenters. The number of nitrogens with one attached hydrogen (secondary N) is 1. The maximum atomic E-state index is 14.2. The highest BCUT2D eigenvalue weighted by atomic mass is 19.1. The number of fused-ring (bicyclic) bond motifs is 1. The Morgan fingerprint density at radius 3 is 2.68 bits per heavy atom. The van der Waals surface area contributed by atoms with E-state index in [1.165, 1.54) is 18.2 Å². The molecule has 1 aliphatic rings. The summed E-state index contributed by atoms with van der Waals surface area (Å²) in [6.07, 6.45) is -1.26. The third-order valence-corrected chi connectivity index (χ3v) is 3.41. The smallest absolute Gasteiger partial charge is 0.465 e. The number of anilines is 1. The molecule has 0 bridgehead atoms. The van der Waals surface area contributed by atoms with Crippen LogP contribution in [0.25, 0.3) is 11.0 Å². The summed E-state index contributed by atoms with van der Waals surface area (Å²) in [4.78, 5) is 10.7. The van der Waals surface area contributed by atoms with Gasteiger partial charge < -0.3 is 18.8 Å². The van der Waals surface area contributed by atoms with Gasteiger partial charge >= 0.3 is 13.2 Å². The maximum Gasteiger partial charge on any atom is 0.497 e. The summed E-state index contributed by atoms with van der Waals surface area (Å²) in [7, 11) is -0.841. The van der Waals surface area contributed by atoms with E-state index < -0.39 is 19.0 Å². The monoisotopic (exact) mass is 307 g/mol. The maximum absolute atomic E-state index is 14.2. The molecule has 8 heteroatoms. The zero-order valence-electron chi connectivity index (χ0n) is 12.2. The average molecular weight is 307 g/mol. The Labute approximate surface area is 126 Å². The van der Waals surface area contributed by atoms with Crippen LogP contribution in [0.2, 0.25) is 0 Å². The van der Waals surface area contributed by atoms with Gasteiger partial charge in [0.2, 0.25) is 5.88 Å². The summed E-state index contributed by atoms with van der Waals surface area (Å²) in [6, 6.07) is 4.11. The molecule has 3 rings (SSSR count). The Hall–Kier alpha value is -2.06. The fourth-order valence-corrected chi connectivity index (χ4v) is 2.37. The second-order valence-electron chi connectivity index (χ2n) is 6.03. The highest BCUT2D eigenvalue weighted by Gasteiger charge is 2.36. The molecule has 1 saturated heterocycles. The van der Waals surface area contributed by atoms with Crippen molar-refractivity contribution < 1.29 is 28.0 Å². The zero-order chi connectivity index (χ0) is 15.9. The summed E-state index contributed by atoms with van der Waals surface area (Å²) in [5.41, 5.74) is 0.445. The van der Waals surface area contributed by atoms with Crippen LogP contribution >= 0.6 is 0 Å². The number of rotatable bonds is 2. The number of furan rings is 1. The summed E-state index contributed by atoms with van der Waals surface area (Å²) in [5.74, 6) is -0.467. The Morgan fingerprint density at radius 2 is 2.05 bits per heavy atom. The Bertz CT molecular complexity index is 719. The summed E-state index contributed by atoms with van der Waals surface area (Å²) >= 11 is 0. The van der Waals surface area contributed by atoms with Crippen LogP contribution < -0.4 is 10.8 Å². The molecule has 0 unspecified atom stereocenters. The summed E-state index contributed by atoms with van der Waals surface area (Å²) in [6.45, 7) is 4.86. The lowest BCUT2D eigenvalue weighted by Gasteiger charge is -2.33. The number of benzene rings is 1. The van der Waals surface area contributed by atoms with Crippen molar-refractivity contribution in [3.8, 4) is 0 Å². The van der Waals surface area contributed by atoms with Crippen LogP contribution in [0.15, 0.2) is 22.6 Å². The van der Waals surface area contributed by atoms with E-state index in [2.05, 4.69) is 5.32 Å². The molecule has 1 aromatic heterocycles. The van der Waals surface area contributed by atoms with E-state index in [-0.39, 0.29) is 16.8 Å². The van der Waals surface area contributed by atoms with Gasteiger partial charge in [-0.15, -0.1) is 0 Å². The van der Waals surface area contributed by atoms with E-state index in [9.17, 15) is 9.18 Å². The SMILES string of the molecule is CC1(C)COB(c2c(F)ccc3oc(NC(=O)O)cc23)OC1. The minimum absolute atomic E-state index is 0.0190. The topological polar surface area (TPSA) is 80.9 Å². The first-order chi connectivity index (χ1) is 10.4. The van der Waals surface area contributed by atoms with Crippen molar-refractivity contribution in [1.82, 2.24) is 0 Å². The van der Waals surface area contributed by atoms with Crippen molar-refractivity contribution >= 4 is 35.5 Å². The van der Waals surface area contributed by atoms with Crippen LogP contribution in [-0.4, -0.2) is 31.5 Å². The van der Waals surface area contributed by atoms with Gasteiger partial charge in [0, 0.05) is 35.5 Å². The van der Waals surface area contributed by atoms with Gasteiger partial charge in [-0.05, 0) is 12.1 Å². The summed E-state index contributed by atoms with van der Waals surface area (Å²) in [5, 5.41) is 11.3. The third-order valence-electron chi connectivity index (χ3n) is 3.41. The van der Waals surface area contributed by atoms with Crippen LogP contribution in [0.1, 0.15) is 13.8 Å². The first-order valence-electron chi connectivity index (χ1n) is 6.81. The highest BCUT2D eigenvalue weighted by Crippen LogP contribution is 2.26. The predicted molar refractivity (Wildman–Crippen MR) is 78.9 cm³/mol. The molecule has 116 valence electrons. The molecular formula is C14H15BFNO5. The zero-order valence-corrected chi connectivity index (χ0v) is 12.2. The Morgan fingerprint density at radius 1 is 1.36 bits per heavy atom. The van der Waals surface area contributed by atoms with Gasteiger partial charge in [-0.2, -0.15) is 0 Å². The highest BCUT2D eigenvalue weighted by molar-refractivity contribution is 6.64. The van der Waals surface area contributed by atoms with Gasteiger partial charge in [-0.1, -0.05) is 13.8 Å². The van der Waals surface area contributed by atoms with Crippen LogP contribution in [0.5, 0.6) is 0 Å². The number of carboxylic acid groups (broad SMARTS) is 1. The number of hydrogen-bond acceptors (Lipinski definition) is 4. The van der Waals surface area contributed by atoms with Crippen molar-refractivity contribution in [3.05, 3.63) is 24.0 Å². The van der Waals surface area contributed by atoms with E-state index >= 15 is 0 Å². The number of carbonyl (C=O) groups is 1. The lowest BCUT2D eigenvalue weighted by Crippen LogP contribution is -2.48. The first-order valence-corrected chi connectivity index (χ1v) is 6.81. The van der Waals surface area contributed by atoms with Crippen molar-refractivity contribution in [2.75, 3.05) is 18.5 Å². The van der Waals surface area contributed by atoms with Gasteiger partial charge in [0.05, 0.1) is 0 Å². The molecule has 2 N–H and O–H groups in total. The first kappa shape index (κ1) is 14.9. The van der Waals surface area contributed by atoms with E-state index in [1.807, 2.05) is 13.8 Å². The minimum Gasteiger partial charge on any atom is -0.465 e. The molecule has 0 spiro atoms. The van der Waals surface area contributed by atoms with Crippen molar-refractivity contribution in [2.24, 2.45) is 5.41 Å². The van der Waals surface area contributed by atoms with Crippen LogP contribution in [0, 0.1) is 11.2 Å². The van der Waals surface area contributed by atoms with Crippen molar-refractivity contribution in [2.45, 2.75) is 13.8 Å². The molecule has 1 amide bonds. The normalized spacial score (nSPS) is 17.7. The van der Waals surface area contributed by atoms with Crippen LogP contribution in [0.4, 0.5) is 15.1 Å². The molecule has 6 nitrogen and oxygen atoms in total. The molecule has 22 heavy (non-hydrogen) atoms. The van der Waals surface area contributed by atoms with Gasteiger partial charge in [0.15, 0.2) is 0 Å². The quantitative estimate of drug-likeness (QED) is 0.833. The largest absolute Gasteiger partial charge is 0.497 e. The van der Waals surface area contributed by atoms with Crippen LogP contribution in [0.3, 0.4) is 0 Å². The van der Waals surface area contributed by atoms with Gasteiger partial charge in [0.25, 0.3) is 0 Å². The predicted octanol–water partition coefficient (Wildman–Crippen LogP) is 2.43. The molecular weight excluding hydrogens is 292 g/mol. The van der Waals surface area contributed by atoms with Crippen LogP contribution in [-0.2, 0) is 9.31 Å². The summed E-state index contributed by atoms with van der Waals surface area (Å²) < 4.78 is 30.8. The minimum atomic E-state index is -1.26. The van der Waals surface area contributed by atoms with E-state index in [4.69, 9.17) is 18.8 Å². The lowest BCUT2D eigenvalue weighted by molar-refractivity contribution is 0.0341. The second-order valence-corrected chi connectivity index (χ2v) is 6.03. The lowest BCUT2D eigenvalue weighted by atomic mass is 9.74. The molecule has 0 saturated carbocycles. The third kappa shape index (κ3) is 2.79. The molecule has 0 radical (unpaired) electrons. The molecule has 1 aromatic carbocycles. The number of halogens is 1.